The van der Waals surface area contributed by atoms with E-state index in [4.69, 9.17) is 5.73 Å². The van der Waals surface area contributed by atoms with E-state index in [-0.39, 0.29) is 12.6 Å². The molecule has 1 unspecified atom stereocenters. The van der Waals surface area contributed by atoms with Gasteiger partial charge in [0.2, 0.25) is 10.0 Å². The molecule has 0 fully saturated rings. The van der Waals surface area contributed by atoms with Crippen LogP contribution in [0.4, 0.5) is 5.69 Å². The number of ether oxygens (including phenoxy) is 1. The molecule has 0 saturated carbocycles. The normalized spacial score (nSPS) is 18.0. The van der Waals surface area contributed by atoms with E-state index in [0.717, 1.165) is 24.0 Å². The van der Waals surface area contributed by atoms with Gasteiger partial charge in [-0.15, -0.1) is 0 Å². The van der Waals surface area contributed by atoms with E-state index in [9.17, 15) is 13.2 Å². The van der Waals surface area contributed by atoms with Crippen LogP contribution in [-0.2, 0) is 26.0 Å². The summed E-state index contributed by atoms with van der Waals surface area (Å²) < 4.78 is 31.3. The second-order valence-corrected chi connectivity index (χ2v) is 6.84. The Balaban J connectivity index is 2.12. The van der Waals surface area contributed by atoms with Gasteiger partial charge in [0.1, 0.15) is 0 Å². The molecule has 0 aliphatic heterocycles. The maximum Gasteiger partial charge on any atom is 0.322 e. The third-order valence-corrected chi connectivity index (χ3v) is 4.68. The van der Waals surface area contributed by atoms with Crippen molar-refractivity contribution in [1.82, 2.24) is 4.72 Å². The number of carbonyl (C=O) groups excluding carboxylic acids is 1. The molecular formula is C14H20N2O4S. The van der Waals surface area contributed by atoms with Crippen molar-refractivity contribution >= 4 is 21.7 Å². The van der Waals surface area contributed by atoms with Crippen LogP contribution in [0, 0.1) is 0 Å². The SMILES string of the molecule is CCOC(=O)CS(=O)(=O)NC1CCCc2cc(N)ccc21. The van der Waals surface area contributed by atoms with Crippen LogP contribution in [0.5, 0.6) is 0 Å². The molecule has 1 atom stereocenters. The maximum atomic E-state index is 12.0. The first-order chi connectivity index (χ1) is 9.91. The Morgan fingerprint density at radius 1 is 1.48 bits per heavy atom. The first-order valence-corrected chi connectivity index (χ1v) is 8.60. The number of sulfonamides is 1. The number of nitrogen functional groups attached to an aromatic ring is 1. The lowest BCUT2D eigenvalue weighted by atomic mass is 9.88. The fraction of sp³-hybridized carbons (Fsp3) is 0.500. The number of benzene rings is 1. The Labute approximate surface area is 124 Å². The highest BCUT2D eigenvalue weighted by Crippen LogP contribution is 2.31. The topological polar surface area (TPSA) is 98.5 Å². The molecule has 0 heterocycles. The minimum absolute atomic E-state index is 0.167. The van der Waals surface area contributed by atoms with Gasteiger partial charge >= 0.3 is 5.97 Å². The number of nitrogens with two attached hydrogens (primary N) is 1. The Morgan fingerprint density at radius 3 is 2.95 bits per heavy atom. The molecule has 1 aliphatic carbocycles. The smallest absolute Gasteiger partial charge is 0.322 e. The predicted octanol–water partition coefficient (Wildman–Crippen LogP) is 1.13. The summed E-state index contributed by atoms with van der Waals surface area (Å²) in [5.41, 5.74) is 8.42. The van der Waals surface area contributed by atoms with Gasteiger partial charge in [-0.3, -0.25) is 4.79 Å². The number of hydrogen-bond donors (Lipinski definition) is 2. The van der Waals surface area contributed by atoms with Crippen molar-refractivity contribution in [2.45, 2.75) is 32.2 Å². The Morgan fingerprint density at radius 2 is 2.24 bits per heavy atom. The maximum absolute atomic E-state index is 12.0. The number of fused-ring (bicyclic) bond motifs is 1. The highest BCUT2D eigenvalue weighted by atomic mass is 32.2. The van der Waals surface area contributed by atoms with Crippen LogP contribution in [0.15, 0.2) is 18.2 Å². The zero-order valence-electron chi connectivity index (χ0n) is 12.0. The van der Waals surface area contributed by atoms with Gasteiger partial charge < -0.3 is 10.5 Å². The lowest BCUT2D eigenvalue weighted by molar-refractivity contribution is -0.139. The summed E-state index contributed by atoms with van der Waals surface area (Å²) in [6.45, 7) is 1.81. The number of hydrogen-bond acceptors (Lipinski definition) is 5. The van der Waals surface area contributed by atoms with Gasteiger partial charge in [-0.25, -0.2) is 13.1 Å². The van der Waals surface area contributed by atoms with E-state index in [1.165, 1.54) is 0 Å². The summed E-state index contributed by atoms with van der Waals surface area (Å²) in [4.78, 5) is 11.3. The fourth-order valence-electron chi connectivity index (χ4n) is 2.57. The largest absolute Gasteiger partial charge is 0.465 e. The third kappa shape index (κ3) is 4.18. The van der Waals surface area contributed by atoms with E-state index in [1.807, 2.05) is 12.1 Å². The highest BCUT2D eigenvalue weighted by Gasteiger charge is 2.26. The molecule has 21 heavy (non-hydrogen) atoms. The quantitative estimate of drug-likeness (QED) is 0.627. The minimum atomic E-state index is -3.71. The molecule has 0 radical (unpaired) electrons. The van der Waals surface area contributed by atoms with Gasteiger partial charge in [0.25, 0.3) is 0 Å². The van der Waals surface area contributed by atoms with E-state index >= 15 is 0 Å². The summed E-state index contributed by atoms with van der Waals surface area (Å²) in [6.07, 6.45) is 2.47. The molecule has 7 heteroatoms. The molecule has 0 spiro atoms. The molecule has 6 nitrogen and oxygen atoms in total. The Bertz CT molecular complexity index is 628. The molecule has 0 amide bonds. The van der Waals surface area contributed by atoms with Crippen LogP contribution in [0.25, 0.3) is 0 Å². The van der Waals surface area contributed by atoms with Crippen LogP contribution in [0.3, 0.4) is 0 Å². The summed E-state index contributed by atoms with van der Waals surface area (Å²) in [6, 6.07) is 5.17. The minimum Gasteiger partial charge on any atom is -0.465 e. The number of nitrogens with one attached hydrogen (secondary N) is 1. The second-order valence-electron chi connectivity index (χ2n) is 5.09. The summed E-state index contributed by atoms with van der Waals surface area (Å²) >= 11 is 0. The predicted molar refractivity (Wildman–Crippen MR) is 80.1 cm³/mol. The first kappa shape index (κ1) is 15.8. The van der Waals surface area contributed by atoms with Gasteiger partial charge in [0.05, 0.1) is 6.61 Å². The molecule has 0 aromatic heterocycles. The van der Waals surface area contributed by atoms with Crippen LogP contribution < -0.4 is 10.5 Å². The number of carbonyl (C=O) groups is 1. The lowest BCUT2D eigenvalue weighted by Gasteiger charge is -2.26. The van der Waals surface area contributed by atoms with E-state index in [0.29, 0.717) is 12.1 Å². The van der Waals surface area contributed by atoms with E-state index in [1.54, 1.807) is 13.0 Å². The van der Waals surface area contributed by atoms with Gasteiger partial charge in [-0.1, -0.05) is 6.07 Å². The van der Waals surface area contributed by atoms with Crippen LogP contribution in [0.1, 0.15) is 36.9 Å². The molecule has 0 bridgehead atoms. The molecule has 1 aliphatic rings. The molecule has 1 aromatic carbocycles. The average Bonchev–Trinajstić information content (AvgIpc) is 2.37. The van der Waals surface area contributed by atoms with Crippen molar-refractivity contribution in [3.63, 3.8) is 0 Å². The number of rotatable bonds is 5. The molecule has 2 rings (SSSR count). The molecule has 116 valence electrons. The Hall–Kier alpha value is -1.60. The van der Waals surface area contributed by atoms with Crippen molar-refractivity contribution < 1.29 is 17.9 Å². The number of esters is 1. The highest BCUT2D eigenvalue weighted by molar-refractivity contribution is 7.90. The lowest BCUT2D eigenvalue weighted by Crippen LogP contribution is -2.35. The van der Waals surface area contributed by atoms with Crippen LogP contribution >= 0.6 is 0 Å². The zero-order chi connectivity index (χ0) is 15.5. The molecule has 0 saturated heterocycles. The monoisotopic (exact) mass is 312 g/mol. The van der Waals surface area contributed by atoms with Crippen LogP contribution in [-0.4, -0.2) is 26.7 Å². The van der Waals surface area contributed by atoms with Gasteiger partial charge in [0.15, 0.2) is 5.75 Å². The third-order valence-electron chi connectivity index (χ3n) is 3.42. The van der Waals surface area contributed by atoms with Gasteiger partial charge in [0, 0.05) is 11.7 Å². The molecule has 1 aromatic rings. The number of aryl methyl sites for hydroxylation is 1. The van der Waals surface area contributed by atoms with Crippen molar-refractivity contribution in [3.05, 3.63) is 29.3 Å². The van der Waals surface area contributed by atoms with Gasteiger partial charge in [-0.2, -0.15) is 0 Å². The fourth-order valence-corrected chi connectivity index (χ4v) is 3.73. The zero-order valence-corrected chi connectivity index (χ0v) is 12.8. The first-order valence-electron chi connectivity index (χ1n) is 6.95. The van der Waals surface area contributed by atoms with E-state index < -0.39 is 21.7 Å². The Kier molecular flexibility index (Phi) is 4.84. The van der Waals surface area contributed by atoms with E-state index in [2.05, 4.69) is 9.46 Å². The number of anilines is 1. The second kappa shape index (κ2) is 6.44. The van der Waals surface area contributed by atoms with Crippen molar-refractivity contribution in [2.24, 2.45) is 0 Å². The summed E-state index contributed by atoms with van der Waals surface area (Å²) in [5, 5.41) is 0. The average molecular weight is 312 g/mol. The standard InChI is InChI=1S/C14H20N2O4S/c1-2-20-14(17)9-21(18,19)16-13-5-3-4-10-8-11(15)6-7-12(10)13/h6-8,13,16H,2-5,9,15H2,1H3. The summed E-state index contributed by atoms with van der Waals surface area (Å²) in [5.74, 6) is -1.39. The van der Waals surface area contributed by atoms with Crippen LogP contribution in [0.2, 0.25) is 0 Å². The summed E-state index contributed by atoms with van der Waals surface area (Å²) in [7, 11) is -3.71. The molecular weight excluding hydrogens is 292 g/mol. The molecule has 3 N–H and O–H groups in total. The van der Waals surface area contributed by atoms with Crippen molar-refractivity contribution in [2.75, 3.05) is 18.1 Å². The van der Waals surface area contributed by atoms with Crippen molar-refractivity contribution in [3.8, 4) is 0 Å². The van der Waals surface area contributed by atoms with Crippen molar-refractivity contribution in [1.29, 1.82) is 0 Å². The van der Waals surface area contributed by atoms with Gasteiger partial charge in [-0.05, 0) is 49.4 Å².